The number of carbonyl (C=O) groups is 2. The van der Waals surface area contributed by atoms with Crippen LogP contribution in [0.3, 0.4) is 0 Å². The first-order chi connectivity index (χ1) is 19.6. The van der Waals surface area contributed by atoms with Gasteiger partial charge in [0, 0.05) is 12.8 Å². The fraction of sp³-hybridized carbons (Fsp3) is 0.943. The van der Waals surface area contributed by atoms with Crippen LogP contribution in [0.4, 0.5) is 0 Å². The molecule has 1 N–H and O–H groups in total. The van der Waals surface area contributed by atoms with Gasteiger partial charge >= 0.3 is 11.9 Å². The highest BCUT2D eigenvalue weighted by atomic mass is 16.6. The summed E-state index contributed by atoms with van der Waals surface area (Å²) in [5, 5.41) is 9.94. The normalized spacial score (nSPS) is 12.0. The van der Waals surface area contributed by atoms with Crippen molar-refractivity contribution in [2.24, 2.45) is 0 Å². The fourth-order valence-electron chi connectivity index (χ4n) is 5.14. The lowest BCUT2D eigenvalue weighted by atomic mass is 10.0. The van der Waals surface area contributed by atoms with Gasteiger partial charge in [0.1, 0.15) is 19.3 Å². The fourth-order valence-corrected chi connectivity index (χ4v) is 5.14. The molecule has 0 aromatic rings. The van der Waals surface area contributed by atoms with E-state index in [0.29, 0.717) is 12.8 Å². The second-order valence-electron chi connectivity index (χ2n) is 12.0. The molecule has 0 spiro atoms. The number of carbonyl (C=O) groups excluding carboxylic acids is 2. The predicted octanol–water partition coefficient (Wildman–Crippen LogP) is 10.4. The van der Waals surface area contributed by atoms with Gasteiger partial charge < -0.3 is 14.6 Å². The first kappa shape index (κ1) is 38.9. The summed E-state index contributed by atoms with van der Waals surface area (Å²) < 4.78 is 10.3. The van der Waals surface area contributed by atoms with Gasteiger partial charge in [-0.15, -0.1) is 0 Å². The smallest absolute Gasteiger partial charge is 0.305 e. The Morgan fingerprint density at radius 2 is 0.650 bits per heavy atom. The van der Waals surface area contributed by atoms with Crippen molar-refractivity contribution >= 4 is 11.9 Å². The van der Waals surface area contributed by atoms with Gasteiger partial charge in [0.25, 0.3) is 0 Å². The molecule has 0 rings (SSSR count). The number of unbranched alkanes of at least 4 members (excludes halogenated alkanes) is 24. The van der Waals surface area contributed by atoms with E-state index >= 15 is 0 Å². The van der Waals surface area contributed by atoms with Gasteiger partial charge in [-0.05, 0) is 12.8 Å². The Kier molecular flexibility index (Phi) is 31.5. The maximum atomic E-state index is 11.9. The summed E-state index contributed by atoms with van der Waals surface area (Å²) in [6.07, 6.45) is 33.0. The van der Waals surface area contributed by atoms with Crippen LogP contribution in [-0.2, 0) is 19.1 Å². The van der Waals surface area contributed by atoms with Crippen molar-refractivity contribution in [1.82, 2.24) is 0 Å². The zero-order chi connectivity index (χ0) is 29.4. The summed E-state index contributed by atoms with van der Waals surface area (Å²) in [7, 11) is 0. The molecule has 0 fully saturated rings. The Bertz CT molecular complexity index is 536. The number of rotatable bonds is 32. The van der Waals surface area contributed by atoms with Crippen LogP contribution < -0.4 is 0 Å². The minimum absolute atomic E-state index is 0.108. The van der Waals surface area contributed by atoms with E-state index in [0.717, 1.165) is 32.1 Å². The zero-order valence-corrected chi connectivity index (χ0v) is 26.9. The molecule has 40 heavy (non-hydrogen) atoms. The minimum Gasteiger partial charge on any atom is -0.463 e. The van der Waals surface area contributed by atoms with Crippen LogP contribution in [0.1, 0.15) is 194 Å². The van der Waals surface area contributed by atoms with E-state index in [4.69, 9.17) is 9.47 Å². The van der Waals surface area contributed by atoms with Crippen LogP contribution in [0.25, 0.3) is 0 Å². The summed E-state index contributed by atoms with van der Waals surface area (Å²) in [5.74, 6) is -0.558. The maximum absolute atomic E-state index is 11.9. The maximum Gasteiger partial charge on any atom is 0.305 e. The van der Waals surface area contributed by atoms with E-state index in [2.05, 4.69) is 13.8 Å². The highest BCUT2D eigenvalue weighted by Gasteiger charge is 2.12. The number of aliphatic hydroxyl groups is 1. The zero-order valence-electron chi connectivity index (χ0n) is 26.9. The number of ether oxygens (including phenoxy) is 2. The third-order valence-corrected chi connectivity index (χ3v) is 7.84. The molecular formula is C35H68O5. The molecule has 238 valence electrons. The van der Waals surface area contributed by atoms with Gasteiger partial charge in [0.15, 0.2) is 0 Å². The average molecular weight is 569 g/mol. The van der Waals surface area contributed by atoms with Gasteiger partial charge in [-0.25, -0.2) is 0 Å². The number of aliphatic hydroxyl groups excluding tert-OH is 1. The lowest BCUT2D eigenvalue weighted by molar-refractivity contribution is -0.152. The molecule has 0 amide bonds. The molecule has 0 heterocycles. The van der Waals surface area contributed by atoms with Crippen LogP contribution in [-0.4, -0.2) is 36.4 Å². The molecule has 0 aromatic carbocycles. The third-order valence-electron chi connectivity index (χ3n) is 7.84. The van der Waals surface area contributed by atoms with E-state index in [1.54, 1.807) is 0 Å². The number of hydrogen-bond donors (Lipinski definition) is 1. The standard InChI is InChI=1S/C35H68O5/c1-3-5-7-9-11-13-14-15-16-17-18-19-20-22-24-26-28-30-35(38)40-32-33(36)31-39-34(37)29-27-25-23-21-12-10-8-6-4-2/h33,36H,3-32H2,1-2H3/t33-/m0/s1. The molecule has 0 aliphatic carbocycles. The van der Waals surface area contributed by atoms with Crippen LogP contribution in [0.5, 0.6) is 0 Å². The van der Waals surface area contributed by atoms with Gasteiger partial charge in [0.2, 0.25) is 0 Å². The van der Waals surface area contributed by atoms with E-state index in [1.807, 2.05) is 0 Å². The Hall–Kier alpha value is -1.10. The monoisotopic (exact) mass is 569 g/mol. The topological polar surface area (TPSA) is 72.8 Å². The molecule has 0 aliphatic rings. The van der Waals surface area contributed by atoms with Crippen LogP contribution >= 0.6 is 0 Å². The summed E-state index contributed by atoms with van der Waals surface area (Å²) in [4.78, 5) is 23.7. The Balaban J connectivity index is 3.37. The summed E-state index contributed by atoms with van der Waals surface area (Å²) >= 11 is 0. The van der Waals surface area contributed by atoms with Crippen molar-refractivity contribution in [1.29, 1.82) is 0 Å². The lowest BCUT2D eigenvalue weighted by Gasteiger charge is -2.12. The SMILES string of the molecule is CCCCCCCCCCCCCCCCCCCC(=O)OC[C@@H](O)COC(=O)CCCCCCCCCCC. The van der Waals surface area contributed by atoms with Crippen LogP contribution in [0.2, 0.25) is 0 Å². The van der Waals surface area contributed by atoms with Gasteiger partial charge in [-0.3, -0.25) is 9.59 Å². The minimum atomic E-state index is -0.952. The van der Waals surface area contributed by atoms with Crippen molar-refractivity contribution in [2.45, 2.75) is 200 Å². The second-order valence-corrected chi connectivity index (χ2v) is 12.0. The van der Waals surface area contributed by atoms with Gasteiger partial charge in [-0.1, -0.05) is 168 Å². The van der Waals surface area contributed by atoms with E-state index in [1.165, 1.54) is 135 Å². The van der Waals surface area contributed by atoms with Gasteiger partial charge in [-0.2, -0.15) is 0 Å². The summed E-state index contributed by atoms with van der Waals surface area (Å²) in [5.41, 5.74) is 0. The van der Waals surface area contributed by atoms with Crippen molar-refractivity contribution in [3.8, 4) is 0 Å². The molecule has 0 bridgehead atoms. The highest BCUT2D eigenvalue weighted by Crippen LogP contribution is 2.15. The largest absolute Gasteiger partial charge is 0.463 e. The molecule has 0 unspecified atom stereocenters. The van der Waals surface area contributed by atoms with E-state index in [9.17, 15) is 14.7 Å². The van der Waals surface area contributed by atoms with Crippen LogP contribution in [0, 0.1) is 0 Å². The third kappa shape index (κ3) is 31.4. The van der Waals surface area contributed by atoms with Crippen molar-refractivity contribution in [3.63, 3.8) is 0 Å². The van der Waals surface area contributed by atoms with Crippen molar-refractivity contribution in [3.05, 3.63) is 0 Å². The first-order valence-corrected chi connectivity index (χ1v) is 17.6. The number of hydrogen-bond acceptors (Lipinski definition) is 5. The molecule has 0 aromatic heterocycles. The Morgan fingerprint density at radius 3 is 0.900 bits per heavy atom. The molecule has 1 atom stereocenters. The van der Waals surface area contributed by atoms with E-state index in [-0.39, 0.29) is 25.2 Å². The Labute approximate surface area is 248 Å². The average Bonchev–Trinajstić information content (AvgIpc) is 2.95. The quantitative estimate of drug-likeness (QED) is 0.0645. The number of esters is 2. The first-order valence-electron chi connectivity index (χ1n) is 17.6. The molecular weight excluding hydrogens is 500 g/mol. The summed E-state index contributed by atoms with van der Waals surface area (Å²) in [6, 6.07) is 0. The van der Waals surface area contributed by atoms with Crippen molar-refractivity contribution < 1.29 is 24.2 Å². The van der Waals surface area contributed by atoms with Gasteiger partial charge in [0.05, 0.1) is 0 Å². The predicted molar refractivity (Wildman–Crippen MR) is 169 cm³/mol. The molecule has 0 saturated heterocycles. The molecule has 0 saturated carbocycles. The molecule has 0 radical (unpaired) electrons. The molecule has 5 nitrogen and oxygen atoms in total. The second kappa shape index (κ2) is 32.4. The molecule has 0 aliphatic heterocycles. The van der Waals surface area contributed by atoms with Crippen LogP contribution in [0.15, 0.2) is 0 Å². The van der Waals surface area contributed by atoms with Crippen molar-refractivity contribution in [2.75, 3.05) is 13.2 Å². The lowest BCUT2D eigenvalue weighted by Crippen LogP contribution is -2.25. The van der Waals surface area contributed by atoms with E-state index < -0.39 is 6.10 Å². The highest BCUT2D eigenvalue weighted by molar-refractivity contribution is 5.69. The summed E-state index contributed by atoms with van der Waals surface area (Å²) in [6.45, 7) is 4.29. The Morgan fingerprint density at radius 1 is 0.425 bits per heavy atom. The molecule has 5 heteroatoms.